The predicted molar refractivity (Wildman–Crippen MR) is 135 cm³/mol. The largest absolute Gasteiger partial charge is 0.352 e. The van der Waals surface area contributed by atoms with Crippen LogP contribution in [0, 0.1) is 0 Å². The van der Waals surface area contributed by atoms with E-state index in [-0.39, 0.29) is 30.3 Å². The van der Waals surface area contributed by atoms with Gasteiger partial charge in [0.15, 0.2) is 0 Å². The molecular weight excluding hydrogens is 426 g/mol. The molecule has 0 bridgehead atoms. The van der Waals surface area contributed by atoms with Crippen molar-refractivity contribution in [2.24, 2.45) is 0 Å². The molecule has 3 aromatic rings. The molecule has 2 atom stereocenters. The van der Waals surface area contributed by atoms with Crippen LogP contribution in [0.2, 0.25) is 0 Å². The average molecular weight is 458 g/mol. The minimum absolute atomic E-state index is 0.0216. The highest BCUT2D eigenvalue weighted by atomic mass is 16.2. The minimum Gasteiger partial charge on any atom is -0.352 e. The highest BCUT2D eigenvalue weighted by Crippen LogP contribution is 2.37. The third kappa shape index (κ3) is 4.67. The summed E-state index contributed by atoms with van der Waals surface area (Å²) in [5.41, 5.74) is 2.44. The zero-order valence-corrected chi connectivity index (χ0v) is 20.0. The summed E-state index contributed by atoms with van der Waals surface area (Å²) in [6.45, 7) is 5.98. The third-order valence-electron chi connectivity index (χ3n) is 6.59. The Morgan fingerprint density at radius 1 is 0.971 bits per heavy atom. The van der Waals surface area contributed by atoms with Crippen LogP contribution in [-0.4, -0.2) is 47.8 Å². The highest BCUT2D eigenvalue weighted by Gasteiger charge is 2.34. The maximum atomic E-state index is 13.6. The van der Waals surface area contributed by atoms with E-state index in [2.05, 4.69) is 5.32 Å². The van der Waals surface area contributed by atoms with Crippen LogP contribution in [0.25, 0.3) is 10.8 Å². The van der Waals surface area contributed by atoms with Crippen molar-refractivity contribution in [2.45, 2.75) is 45.7 Å². The first kappa shape index (κ1) is 23.5. The number of hydrogen-bond donors (Lipinski definition) is 1. The van der Waals surface area contributed by atoms with Crippen molar-refractivity contribution in [1.29, 1.82) is 0 Å². The number of hydrogen-bond acceptors (Lipinski definition) is 3. The quantitative estimate of drug-likeness (QED) is 0.524. The molecule has 0 unspecified atom stereocenters. The molecule has 1 N–H and O–H groups in total. The molecule has 0 radical (unpaired) electrons. The molecule has 0 aromatic heterocycles. The number of anilines is 1. The topological polar surface area (TPSA) is 69.7 Å². The molecule has 176 valence electrons. The Morgan fingerprint density at radius 2 is 1.68 bits per heavy atom. The average Bonchev–Trinajstić information content (AvgIpc) is 3.12. The van der Waals surface area contributed by atoms with Crippen LogP contribution >= 0.6 is 0 Å². The van der Waals surface area contributed by atoms with Crippen molar-refractivity contribution in [2.75, 3.05) is 18.0 Å². The Hall–Kier alpha value is -3.67. The number of carbonyl (C=O) groups is 3. The SMILES string of the molecule is CC[C@@H](C)NC(=O)[C@H](C)N(CCc1ccccc1)C(=O)CN1C(=O)c2cccc3cccc1c23. The lowest BCUT2D eigenvalue weighted by Crippen LogP contribution is -2.53. The molecule has 1 heterocycles. The number of carbonyl (C=O) groups excluding carboxylic acids is 3. The summed E-state index contributed by atoms with van der Waals surface area (Å²) in [7, 11) is 0. The number of nitrogens with zero attached hydrogens (tertiary/aromatic N) is 2. The van der Waals surface area contributed by atoms with Crippen molar-refractivity contribution in [3.8, 4) is 0 Å². The summed E-state index contributed by atoms with van der Waals surface area (Å²) in [6.07, 6.45) is 1.43. The van der Waals surface area contributed by atoms with Gasteiger partial charge in [-0.25, -0.2) is 0 Å². The van der Waals surface area contributed by atoms with Gasteiger partial charge in [-0.15, -0.1) is 0 Å². The van der Waals surface area contributed by atoms with E-state index >= 15 is 0 Å². The van der Waals surface area contributed by atoms with Crippen LogP contribution in [0.5, 0.6) is 0 Å². The van der Waals surface area contributed by atoms with Crippen LogP contribution in [0.4, 0.5) is 5.69 Å². The van der Waals surface area contributed by atoms with Gasteiger partial charge in [0.25, 0.3) is 5.91 Å². The van der Waals surface area contributed by atoms with Gasteiger partial charge in [-0.1, -0.05) is 61.5 Å². The Morgan fingerprint density at radius 3 is 2.38 bits per heavy atom. The molecule has 0 saturated heterocycles. The summed E-state index contributed by atoms with van der Waals surface area (Å²) in [5, 5.41) is 4.83. The van der Waals surface area contributed by atoms with E-state index in [1.54, 1.807) is 17.9 Å². The Bertz CT molecular complexity index is 1200. The first-order valence-corrected chi connectivity index (χ1v) is 11.9. The first-order valence-electron chi connectivity index (χ1n) is 11.9. The molecule has 34 heavy (non-hydrogen) atoms. The zero-order valence-electron chi connectivity index (χ0n) is 20.0. The van der Waals surface area contributed by atoms with E-state index in [4.69, 9.17) is 0 Å². The molecule has 0 aliphatic carbocycles. The van der Waals surface area contributed by atoms with Gasteiger partial charge < -0.3 is 10.2 Å². The fourth-order valence-electron chi connectivity index (χ4n) is 4.40. The van der Waals surface area contributed by atoms with Crippen LogP contribution < -0.4 is 10.2 Å². The minimum atomic E-state index is -0.652. The van der Waals surface area contributed by atoms with Gasteiger partial charge in [-0.05, 0) is 49.8 Å². The molecule has 0 saturated carbocycles. The molecule has 0 spiro atoms. The lowest BCUT2D eigenvalue weighted by Gasteiger charge is -2.31. The Labute approximate surface area is 200 Å². The molecule has 3 aromatic carbocycles. The highest BCUT2D eigenvalue weighted by molar-refractivity contribution is 6.26. The van der Waals surface area contributed by atoms with Gasteiger partial charge in [0.2, 0.25) is 11.8 Å². The number of nitrogens with one attached hydrogen (secondary N) is 1. The van der Waals surface area contributed by atoms with Gasteiger partial charge >= 0.3 is 0 Å². The van der Waals surface area contributed by atoms with Crippen LogP contribution in [0.3, 0.4) is 0 Å². The second-order valence-corrected chi connectivity index (χ2v) is 8.89. The lowest BCUT2D eigenvalue weighted by molar-refractivity contribution is -0.139. The summed E-state index contributed by atoms with van der Waals surface area (Å²) >= 11 is 0. The zero-order chi connectivity index (χ0) is 24.2. The maximum Gasteiger partial charge on any atom is 0.259 e. The van der Waals surface area contributed by atoms with E-state index in [0.717, 1.165) is 28.4 Å². The van der Waals surface area contributed by atoms with E-state index in [1.807, 2.05) is 74.5 Å². The number of amides is 3. The fraction of sp³-hybridized carbons (Fsp3) is 0.321. The molecule has 0 fully saturated rings. The molecule has 6 nitrogen and oxygen atoms in total. The van der Waals surface area contributed by atoms with Crippen LogP contribution in [0.15, 0.2) is 66.7 Å². The van der Waals surface area contributed by atoms with E-state index in [1.165, 1.54) is 4.90 Å². The normalized spacial score (nSPS) is 14.2. The molecule has 4 rings (SSSR count). The van der Waals surface area contributed by atoms with Crippen LogP contribution in [0.1, 0.15) is 43.1 Å². The van der Waals surface area contributed by atoms with E-state index in [0.29, 0.717) is 18.5 Å². The summed E-state index contributed by atoms with van der Waals surface area (Å²) in [6, 6.07) is 20.6. The maximum absolute atomic E-state index is 13.6. The number of benzene rings is 3. The molecule has 1 aliphatic heterocycles. The van der Waals surface area contributed by atoms with E-state index in [9.17, 15) is 14.4 Å². The number of rotatable bonds is 9. The van der Waals surface area contributed by atoms with E-state index < -0.39 is 6.04 Å². The second-order valence-electron chi connectivity index (χ2n) is 8.89. The monoisotopic (exact) mass is 457 g/mol. The van der Waals surface area contributed by atoms with Crippen LogP contribution in [-0.2, 0) is 16.0 Å². The van der Waals surface area contributed by atoms with Crippen molar-refractivity contribution in [3.63, 3.8) is 0 Å². The summed E-state index contributed by atoms with van der Waals surface area (Å²) in [4.78, 5) is 42.8. The van der Waals surface area contributed by atoms with Gasteiger partial charge in [0.1, 0.15) is 12.6 Å². The van der Waals surface area contributed by atoms with Gasteiger partial charge in [0, 0.05) is 23.5 Å². The summed E-state index contributed by atoms with van der Waals surface area (Å²) in [5.74, 6) is -0.616. The Kier molecular flexibility index (Phi) is 6.96. The van der Waals surface area contributed by atoms with Crippen molar-refractivity contribution >= 4 is 34.2 Å². The van der Waals surface area contributed by atoms with Gasteiger partial charge in [-0.2, -0.15) is 0 Å². The Balaban J connectivity index is 1.57. The summed E-state index contributed by atoms with van der Waals surface area (Å²) < 4.78 is 0. The second kappa shape index (κ2) is 10.1. The first-order chi connectivity index (χ1) is 16.4. The molecule has 6 heteroatoms. The molecular formula is C28H31N3O3. The third-order valence-corrected chi connectivity index (χ3v) is 6.59. The molecule has 3 amide bonds. The standard InChI is InChI=1S/C28H31N3O3/c1-4-19(2)29-27(33)20(3)30(17-16-21-10-6-5-7-11-21)25(32)18-31-24-15-9-13-22-12-8-14-23(26(22)24)28(31)34/h5-15,19-20H,4,16-18H2,1-3H3,(H,29,33)/t19-,20+/m1/s1. The van der Waals surface area contributed by atoms with Gasteiger partial charge in [0.05, 0.1) is 5.69 Å². The van der Waals surface area contributed by atoms with Crippen molar-refractivity contribution in [1.82, 2.24) is 10.2 Å². The smallest absolute Gasteiger partial charge is 0.259 e. The lowest BCUT2D eigenvalue weighted by atomic mass is 10.1. The van der Waals surface area contributed by atoms with Crippen molar-refractivity contribution in [3.05, 3.63) is 77.9 Å². The predicted octanol–water partition coefficient (Wildman–Crippen LogP) is 4.17. The fourth-order valence-corrected chi connectivity index (χ4v) is 4.40. The van der Waals surface area contributed by atoms with Crippen molar-refractivity contribution < 1.29 is 14.4 Å². The van der Waals surface area contributed by atoms with Gasteiger partial charge in [-0.3, -0.25) is 19.3 Å². The molecule has 1 aliphatic rings.